The Morgan fingerprint density at radius 2 is 1.31 bits per heavy atom. The molecule has 0 radical (unpaired) electrons. The third kappa shape index (κ3) is 2.41. The largest absolute Gasteiger partial charge is 0.416 e. The number of nitrogens with one attached hydrogen (secondary N) is 1. The van der Waals surface area contributed by atoms with Gasteiger partial charge >= 0.3 is 12.4 Å². The Bertz CT molecular complexity index is 162. The third-order valence-corrected chi connectivity index (χ3v) is 1.88. The number of hydrogen-bond acceptors (Lipinski definition) is 3. The molecule has 0 aromatic heterocycles. The molecule has 0 fully saturated rings. The SMILES string of the molecule is CC(NSO)(C(F)(F)F)C(F)(F)F. The van der Waals surface area contributed by atoms with E-state index in [1.807, 2.05) is 0 Å². The van der Waals surface area contributed by atoms with E-state index in [2.05, 4.69) is 0 Å². The molecular formula is C4H5F6NOS. The van der Waals surface area contributed by atoms with Crippen LogP contribution in [0.3, 0.4) is 0 Å². The first kappa shape index (κ1) is 12.8. The summed E-state index contributed by atoms with van der Waals surface area (Å²) >= 11 is -0.728. The Labute approximate surface area is 73.6 Å². The molecule has 0 atom stereocenters. The van der Waals surface area contributed by atoms with Crippen molar-refractivity contribution >= 4 is 12.2 Å². The van der Waals surface area contributed by atoms with Gasteiger partial charge < -0.3 is 4.55 Å². The molecule has 0 saturated carbocycles. The summed E-state index contributed by atoms with van der Waals surface area (Å²) in [6, 6.07) is 0. The zero-order valence-electron chi connectivity index (χ0n) is 6.12. The van der Waals surface area contributed by atoms with Gasteiger partial charge in [-0.3, -0.25) is 0 Å². The van der Waals surface area contributed by atoms with E-state index < -0.39 is 30.1 Å². The maximum Gasteiger partial charge on any atom is 0.416 e. The summed E-state index contributed by atoms with van der Waals surface area (Å²) in [6.45, 7) is -0.101. The predicted octanol–water partition coefficient (Wildman–Crippen LogP) is 2.58. The minimum absolute atomic E-state index is 0.101. The van der Waals surface area contributed by atoms with Crippen molar-refractivity contribution in [2.24, 2.45) is 0 Å². The van der Waals surface area contributed by atoms with E-state index in [0.29, 0.717) is 0 Å². The fraction of sp³-hybridized carbons (Fsp3) is 1.00. The Hall–Kier alpha value is -0.150. The molecule has 0 aliphatic carbocycles. The normalized spacial score (nSPS) is 14.8. The Morgan fingerprint density at radius 3 is 1.38 bits per heavy atom. The van der Waals surface area contributed by atoms with E-state index in [-0.39, 0.29) is 6.92 Å². The van der Waals surface area contributed by atoms with Crippen molar-refractivity contribution < 1.29 is 30.9 Å². The van der Waals surface area contributed by atoms with Crippen LogP contribution < -0.4 is 4.72 Å². The van der Waals surface area contributed by atoms with Crippen molar-refractivity contribution in [1.82, 2.24) is 4.72 Å². The minimum atomic E-state index is -5.53. The molecule has 0 aromatic rings. The van der Waals surface area contributed by atoms with Crippen LogP contribution in [0.4, 0.5) is 26.3 Å². The molecule has 0 aliphatic rings. The lowest BCUT2D eigenvalue weighted by atomic mass is 10.0. The van der Waals surface area contributed by atoms with Gasteiger partial charge in [-0.1, -0.05) is 0 Å². The van der Waals surface area contributed by atoms with Gasteiger partial charge in [0, 0.05) is 0 Å². The van der Waals surface area contributed by atoms with Gasteiger partial charge in [-0.05, 0) is 6.92 Å². The van der Waals surface area contributed by atoms with Crippen molar-refractivity contribution in [2.75, 3.05) is 0 Å². The van der Waals surface area contributed by atoms with E-state index >= 15 is 0 Å². The van der Waals surface area contributed by atoms with Crippen LogP contribution in [-0.2, 0) is 0 Å². The van der Waals surface area contributed by atoms with E-state index in [1.54, 1.807) is 0 Å². The summed E-state index contributed by atoms with van der Waals surface area (Å²) in [7, 11) is 0. The maximum atomic E-state index is 11.9. The Morgan fingerprint density at radius 1 is 1.00 bits per heavy atom. The molecule has 9 heteroatoms. The second-order valence-corrected chi connectivity index (χ2v) is 2.70. The first-order valence-corrected chi connectivity index (χ1v) is 3.54. The number of hydrogen-bond donors (Lipinski definition) is 2. The van der Waals surface area contributed by atoms with Crippen molar-refractivity contribution in [2.45, 2.75) is 24.8 Å². The second kappa shape index (κ2) is 3.54. The van der Waals surface area contributed by atoms with Gasteiger partial charge in [0.15, 0.2) is 0 Å². The molecule has 0 spiro atoms. The van der Waals surface area contributed by atoms with Gasteiger partial charge in [0.1, 0.15) is 0 Å². The topological polar surface area (TPSA) is 32.3 Å². The summed E-state index contributed by atoms with van der Waals surface area (Å²) in [6.07, 6.45) is -11.1. The molecule has 13 heavy (non-hydrogen) atoms. The summed E-state index contributed by atoms with van der Waals surface area (Å²) < 4.78 is 80.1. The van der Waals surface area contributed by atoms with E-state index in [9.17, 15) is 26.3 Å². The monoisotopic (exact) mass is 229 g/mol. The van der Waals surface area contributed by atoms with E-state index in [4.69, 9.17) is 4.55 Å². The highest BCUT2D eigenvalue weighted by atomic mass is 32.2. The second-order valence-electron chi connectivity index (χ2n) is 2.31. The van der Waals surface area contributed by atoms with Crippen LogP contribution in [0, 0.1) is 0 Å². The molecule has 0 saturated heterocycles. The Balaban J connectivity index is 4.96. The summed E-state index contributed by atoms with van der Waals surface area (Å²) in [5, 5.41) is 0. The number of halogens is 6. The molecule has 0 unspecified atom stereocenters. The summed E-state index contributed by atoms with van der Waals surface area (Å²) in [5.41, 5.74) is -4.11. The molecule has 0 rings (SSSR count). The zero-order valence-corrected chi connectivity index (χ0v) is 6.94. The van der Waals surface area contributed by atoms with Gasteiger partial charge in [0.05, 0.1) is 12.2 Å². The van der Waals surface area contributed by atoms with E-state index in [1.165, 1.54) is 0 Å². The van der Waals surface area contributed by atoms with E-state index in [0.717, 1.165) is 4.72 Å². The lowest BCUT2D eigenvalue weighted by Crippen LogP contribution is -2.61. The molecular weight excluding hydrogens is 224 g/mol. The molecule has 0 aromatic carbocycles. The molecule has 0 heterocycles. The molecule has 0 aliphatic heterocycles. The first-order valence-electron chi connectivity index (χ1n) is 2.77. The molecule has 0 bridgehead atoms. The highest BCUT2D eigenvalue weighted by molar-refractivity contribution is 7.91. The predicted molar refractivity (Wildman–Crippen MR) is 33.9 cm³/mol. The van der Waals surface area contributed by atoms with Crippen LogP contribution in [0.25, 0.3) is 0 Å². The van der Waals surface area contributed by atoms with Crippen molar-refractivity contribution in [3.63, 3.8) is 0 Å². The standard InChI is InChI=1S/C4H5F6NOS/c1-2(11-13-12,3(5,6)7)4(8,9)10/h11-12H,1H3. The van der Waals surface area contributed by atoms with Crippen molar-refractivity contribution in [3.05, 3.63) is 0 Å². The maximum absolute atomic E-state index is 11.9. The lowest BCUT2D eigenvalue weighted by Gasteiger charge is -2.33. The van der Waals surface area contributed by atoms with Crippen LogP contribution in [0.5, 0.6) is 0 Å². The third-order valence-electron chi connectivity index (χ3n) is 1.38. The molecule has 80 valence electrons. The van der Waals surface area contributed by atoms with Gasteiger partial charge in [-0.25, -0.2) is 4.72 Å². The first-order chi connectivity index (χ1) is 5.56. The highest BCUT2D eigenvalue weighted by Crippen LogP contribution is 2.43. The Kier molecular flexibility index (Phi) is 3.50. The average Bonchev–Trinajstić information content (AvgIpc) is 1.82. The summed E-state index contributed by atoms with van der Waals surface area (Å²) in [4.78, 5) is 0. The quantitative estimate of drug-likeness (QED) is 0.433. The minimum Gasteiger partial charge on any atom is -0.317 e. The number of alkyl halides is 6. The molecule has 0 amide bonds. The van der Waals surface area contributed by atoms with Crippen LogP contribution in [0.2, 0.25) is 0 Å². The number of rotatable bonds is 2. The zero-order chi connectivity index (χ0) is 10.9. The van der Waals surface area contributed by atoms with Gasteiger partial charge in [-0.2, -0.15) is 26.3 Å². The van der Waals surface area contributed by atoms with Crippen LogP contribution in [0.15, 0.2) is 0 Å². The van der Waals surface area contributed by atoms with Crippen molar-refractivity contribution in [3.8, 4) is 0 Å². The van der Waals surface area contributed by atoms with Gasteiger partial charge in [0.25, 0.3) is 0 Å². The van der Waals surface area contributed by atoms with Gasteiger partial charge in [0.2, 0.25) is 5.54 Å². The highest BCUT2D eigenvalue weighted by Gasteiger charge is 2.68. The average molecular weight is 229 g/mol. The van der Waals surface area contributed by atoms with Crippen LogP contribution >= 0.6 is 12.2 Å². The van der Waals surface area contributed by atoms with Crippen LogP contribution in [0.1, 0.15) is 6.92 Å². The van der Waals surface area contributed by atoms with Crippen molar-refractivity contribution in [1.29, 1.82) is 0 Å². The smallest absolute Gasteiger partial charge is 0.317 e. The lowest BCUT2D eigenvalue weighted by molar-refractivity contribution is -0.295. The fourth-order valence-electron chi connectivity index (χ4n) is 0.368. The fourth-order valence-corrected chi connectivity index (χ4v) is 0.782. The summed E-state index contributed by atoms with van der Waals surface area (Å²) in [5.74, 6) is 0. The van der Waals surface area contributed by atoms with Crippen LogP contribution in [-0.4, -0.2) is 22.4 Å². The molecule has 2 nitrogen and oxygen atoms in total. The molecule has 2 N–H and O–H groups in total. The van der Waals surface area contributed by atoms with Gasteiger partial charge in [-0.15, -0.1) is 0 Å².